The standard InChI is InChI=1S/C53H38N4S/c1-3-5-21-44(53-55-51(37-19-10-7-11-20-37)54-52(56-53)38-30-28-36(29-31-38)35-17-8-6-9-18-35)46(4-2)57-47-26-14-12-22-41(47)45-34-39(32-33-48(45)57)40-24-16-25-43-42-23-13-15-27-49(42)58-50(40)43/h3-34H,1-2H3/b5-3-,44-21+,46-4+. The molecule has 58 heavy (non-hydrogen) atoms. The fourth-order valence-electron chi connectivity index (χ4n) is 8.03. The van der Waals surface area contributed by atoms with Gasteiger partial charge >= 0.3 is 0 Å². The smallest absolute Gasteiger partial charge is 0.166 e. The molecule has 0 amide bonds. The van der Waals surface area contributed by atoms with E-state index in [0.29, 0.717) is 17.5 Å². The van der Waals surface area contributed by atoms with E-state index in [9.17, 15) is 0 Å². The Morgan fingerprint density at radius 2 is 1.09 bits per heavy atom. The van der Waals surface area contributed by atoms with Crippen LogP contribution in [-0.2, 0) is 0 Å². The Balaban J connectivity index is 1.14. The maximum absolute atomic E-state index is 5.25. The van der Waals surface area contributed by atoms with Gasteiger partial charge in [-0.2, -0.15) is 0 Å². The number of benzene rings is 7. The van der Waals surface area contributed by atoms with Crippen LogP contribution in [-0.4, -0.2) is 19.5 Å². The lowest BCUT2D eigenvalue weighted by Crippen LogP contribution is -2.07. The van der Waals surface area contributed by atoms with Gasteiger partial charge in [-0.15, -0.1) is 11.3 Å². The molecule has 0 fully saturated rings. The van der Waals surface area contributed by atoms with Crippen molar-refractivity contribution in [2.75, 3.05) is 0 Å². The number of thiophene rings is 1. The third kappa shape index (κ3) is 6.23. The minimum absolute atomic E-state index is 0.598. The fourth-order valence-corrected chi connectivity index (χ4v) is 9.27. The molecule has 0 aliphatic carbocycles. The maximum atomic E-state index is 5.25. The van der Waals surface area contributed by atoms with Crippen LogP contribution in [0.15, 0.2) is 194 Å². The number of fused-ring (bicyclic) bond motifs is 6. The lowest BCUT2D eigenvalue weighted by Gasteiger charge is -2.17. The highest BCUT2D eigenvalue weighted by Gasteiger charge is 2.22. The Bertz CT molecular complexity index is 3220. The van der Waals surface area contributed by atoms with E-state index >= 15 is 0 Å². The van der Waals surface area contributed by atoms with Crippen LogP contribution in [0.2, 0.25) is 0 Å². The van der Waals surface area contributed by atoms with E-state index in [4.69, 9.17) is 15.0 Å². The van der Waals surface area contributed by atoms with Gasteiger partial charge in [-0.1, -0.05) is 164 Å². The second-order valence-corrected chi connectivity index (χ2v) is 15.3. The molecule has 0 atom stereocenters. The molecule has 0 aliphatic rings. The van der Waals surface area contributed by atoms with Gasteiger partial charge in [-0.25, -0.2) is 15.0 Å². The monoisotopic (exact) mass is 762 g/mol. The van der Waals surface area contributed by atoms with Gasteiger partial charge < -0.3 is 4.57 Å². The predicted octanol–water partition coefficient (Wildman–Crippen LogP) is 14.5. The molecular formula is C53H38N4S. The Morgan fingerprint density at radius 3 is 1.83 bits per heavy atom. The van der Waals surface area contributed by atoms with Crippen LogP contribution >= 0.6 is 11.3 Å². The van der Waals surface area contributed by atoms with Gasteiger partial charge in [0.1, 0.15) is 0 Å². The molecule has 3 aromatic heterocycles. The Morgan fingerprint density at radius 1 is 0.500 bits per heavy atom. The Hall–Kier alpha value is -7.21. The van der Waals surface area contributed by atoms with Crippen molar-refractivity contribution in [2.45, 2.75) is 13.8 Å². The molecule has 276 valence electrons. The summed E-state index contributed by atoms with van der Waals surface area (Å²) in [4.78, 5) is 15.5. The largest absolute Gasteiger partial charge is 0.309 e. The van der Waals surface area contributed by atoms with Gasteiger partial charge in [0.2, 0.25) is 0 Å². The van der Waals surface area contributed by atoms with Gasteiger partial charge in [0.25, 0.3) is 0 Å². The van der Waals surface area contributed by atoms with E-state index in [0.717, 1.165) is 39.0 Å². The zero-order valence-corrected chi connectivity index (χ0v) is 33.0. The number of aromatic nitrogens is 4. The van der Waals surface area contributed by atoms with Crippen LogP contribution in [0.3, 0.4) is 0 Å². The first-order valence-electron chi connectivity index (χ1n) is 19.6. The summed E-state index contributed by atoms with van der Waals surface area (Å²) in [5.41, 5.74) is 10.7. The SMILES string of the molecule is C\C=C/C=C(\C(=C/C)n1c2ccccc2c2cc(-c3cccc4c3sc3ccccc34)ccc21)c1nc(-c2ccccc2)nc(-c2ccc(-c3ccccc3)cc2)n1. The summed E-state index contributed by atoms with van der Waals surface area (Å²) >= 11 is 1.87. The molecule has 0 N–H and O–H groups in total. The van der Waals surface area contributed by atoms with Crippen LogP contribution < -0.4 is 0 Å². The summed E-state index contributed by atoms with van der Waals surface area (Å²) in [7, 11) is 0. The second kappa shape index (κ2) is 15.0. The predicted molar refractivity (Wildman–Crippen MR) is 247 cm³/mol. The summed E-state index contributed by atoms with van der Waals surface area (Å²) in [6, 6.07) is 60.0. The van der Waals surface area contributed by atoms with Crippen LogP contribution in [0.25, 0.3) is 98.3 Å². The Labute approximate surface area is 341 Å². The lowest BCUT2D eigenvalue weighted by atomic mass is 10.0. The third-order valence-corrected chi connectivity index (χ3v) is 12.0. The number of allylic oxidation sites excluding steroid dienone is 6. The van der Waals surface area contributed by atoms with E-state index in [1.807, 2.05) is 48.6 Å². The quantitative estimate of drug-likeness (QED) is 0.145. The zero-order valence-electron chi connectivity index (χ0n) is 32.2. The molecule has 0 aliphatic heterocycles. The van der Waals surface area contributed by atoms with Crippen molar-refractivity contribution in [3.8, 4) is 45.0 Å². The molecule has 0 bridgehead atoms. The Kier molecular flexibility index (Phi) is 9.13. The molecule has 10 rings (SSSR count). The van der Waals surface area contributed by atoms with E-state index < -0.39 is 0 Å². The maximum Gasteiger partial charge on any atom is 0.166 e. The first-order valence-corrected chi connectivity index (χ1v) is 20.4. The zero-order chi connectivity index (χ0) is 39.0. The molecule has 7 aromatic carbocycles. The van der Waals surface area contributed by atoms with Gasteiger partial charge in [0.05, 0.1) is 16.7 Å². The molecule has 0 spiro atoms. The molecule has 10 aromatic rings. The lowest BCUT2D eigenvalue weighted by molar-refractivity contribution is 1.03. The van der Waals surface area contributed by atoms with Crippen molar-refractivity contribution >= 4 is 64.6 Å². The molecule has 5 heteroatoms. The molecule has 0 saturated heterocycles. The summed E-state index contributed by atoms with van der Waals surface area (Å²) < 4.78 is 4.98. The van der Waals surface area contributed by atoms with Gasteiger partial charge in [0.15, 0.2) is 17.5 Å². The highest BCUT2D eigenvalue weighted by atomic mass is 32.1. The highest BCUT2D eigenvalue weighted by Crippen LogP contribution is 2.43. The number of hydrogen-bond donors (Lipinski definition) is 0. The highest BCUT2D eigenvalue weighted by molar-refractivity contribution is 7.26. The summed E-state index contributed by atoms with van der Waals surface area (Å²) in [5, 5.41) is 4.99. The number of rotatable bonds is 8. The van der Waals surface area contributed by atoms with Crippen molar-refractivity contribution in [3.63, 3.8) is 0 Å². The number of para-hydroxylation sites is 1. The van der Waals surface area contributed by atoms with E-state index in [1.165, 1.54) is 47.6 Å². The minimum Gasteiger partial charge on any atom is -0.309 e. The van der Waals surface area contributed by atoms with Crippen LogP contribution in [0, 0.1) is 0 Å². The number of nitrogens with zero attached hydrogens (tertiary/aromatic N) is 4. The van der Waals surface area contributed by atoms with Gasteiger partial charge in [-0.05, 0) is 66.4 Å². The molecule has 0 radical (unpaired) electrons. The minimum atomic E-state index is 0.598. The number of hydrogen-bond acceptors (Lipinski definition) is 4. The summed E-state index contributed by atoms with van der Waals surface area (Å²) in [6.45, 7) is 4.13. The van der Waals surface area contributed by atoms with E-state index in [1.54, 1.807) is 0 Å². The van der Waals surface area contributed by atoms with Crippen molar-refractivity contribution in [1.82, 2.24) is 19.5 Å². The molecule has 0 saturated carbocycles. The van der Waals surface area contributed by atoms with Crippen LogP contribution in [0.1, 0.15) is 19.7 Å². The fraction of sp³-hybridized carbons (Fsp3) is 0.0377. The van der Waals surface area contributed by atoms with E-state index in [2.05, 4.69) is 175 Å². The van der Waals surface area contributed by atoms with Crippen molar-refractivity contribution < 1.29 is 0 Å². The summed E-state index contributed by atoms with van der Waals surface area (Å²) in [6.07, 6.45) is 8.41. The second-order valence-electron chi connectivity index (χ2n) is 14.3. The molecule has 4 nitrogen and oxygen atoms in total. The first-order chi connectivity index (χ1) is 28.7. The van der Waals surface area contributed by atoms with Crippen molar-refractivity contribution in [2.24, 2.45) is 0 Å². The average molecular weight is 763 g/mol. The van der Waals surface area contributed by atoms with Crippen LogP contribution in [0.5, 0.6) is 0 Å². The van der Waals surface area contributed by atoms with Gasteiger partial charge in [-0.3, -0.25) is 0 Å². The average Bonchev–Trinajstić information content (AvgIpc) is 3.84. The van der Waals surface area contributed by atoms with Crippen molar-refractivity contribution in [1.29, 1.82) is 0 Å². The van der Waals surface area contributed by atoms with Crippen LogP contribution in [0.4, 0.5) is 0 Å². The third-order valence-electron chi connectivity index (χ3n) is 10.8. The topological polar surface area (TPSA) is 43.6 Å². The van der Waals surface area contributed by atoms with E-state index in [-0.39, 0.29) is 0 Å². The molecule has 3 heterocycles. The molecule has 0 unspecified atom stereocenters. The normalized spacial score (nSPS) is 12.4. The molecular weight excluding hydrogens is 725 g/mol. The van der Waals surface area contributed by atoms with Gasteiger partial charge in [0, 0.05) is 47.6 Å². The van der Waals surface area contributed by atoms with Crippen molar-refractivity contribution in [3.05, 3.63) is 200 Å². The first kappa shape index (κ1) is 35.2. The summed E-state index contributed by atoms with van der Waals surface area (Å²) in [5.74, 6) is 1.84.